The Kier molecular flexibility index (Phi) is 6.14. The Hall–Kier alpha value is -3.52. The molecule has 0 bridgehead atoms. The molecule has 0 saturated carbocycles. The van der Waals surface area contributed by atoms with Gasteiger partial charge in [0.2, 0.25) is 17.6 Å². The molecular formula is C22H20N4O3S. The number of carbonyl (C=O) groups is 1. The molecule has 0 saturated heterocycles. The minimum atomic E-state index is -0.0492. The van der Waals surface area contributed by atoms with Crippen LogP contribution in [0.5, 0.6) is 5.75 Å². The quantitative estimate of drug-likeness (QED) is 0.439. The minimum Gasteiger partial charge on any atom is -0.497 e. The Balaban J connectivity index is 1.25. The van der Waals surface area contributed by atoms with Crippen molar-refractivity contribution >= 4 is 22.9 Å². The molecule has 0 fully saturated rings. The number of carbonyl (C=O) groups excluding carboxylic acids is 1. The molecule has 0 aliphatic heterocycles. The zero-order chi connectivity index (χ0) is 20.8. The van der Waals surface area contributed by atoms with Crippen LogP contribution < -0.4 is 10.1 Å². The zero-order valence-electron chi connectivity index (χ0n) is 16.4. The molecule has 2 heterocycles. The second-order valence-corrected chi connectivity index (χ2v) is 7.45. The molecule has 0 spiro atoms. The Morgan fingerprint density at radius 2 is 1.87 bits per heavy atom. The Labute approximate surface area is 177 Å². The molecule has 1 N–H and O–H groups in total. The topological polar surface area (TPSA) is 90.1 Å². The van der Waals surface area contributed by atoms with E-state index in [1.165, 1.54) is 0 Å². The predicted octanol–water partition coefficient (Wildman–Crippen LogP) is 4.83. The number of nitrogens with one attached hydrogen (secondary N) is 1. The molecule has 2 aromatic heterocycles. The van der Waals surface area contributed by atoms with Gasteiger partial charge in [-0.05, 0) is 55.0 Å². The van der Waals surface area contributed by atoms with Crippen molar-refractivity contribution in [3.8, 4) is 27.7 Å². The Morgan fingerprint density at radius 3 is 2.57 bits per heavy atom. The van der Waals surface area contributed by atoms with Gasteiger partial charge in [0.1, 0.15) is 10.8 Å². The fraction of sp³-hybridized carbons (Fsp3) is 0.182. The Bertz CT molecular complexity index is 1090. The number of rotatable bonds is 8. The lowest BCUT2D eigenvalue weighted by molar-refractivity contribution is -0.116. The van der Waals surface area contributed by atoms with E-state index in [0.717, 1.165) is 27.6 Å². The number of nitrogens with zero attached hydrogens (tertiary/aromatic N) is 3. The van der Waals surface area contributed by atoms with Gasteiger partial charge in [-0.1, -0.05) is 5.16 Å². The van der Waals surface area contributed by atoms with Gasteiger partial charge in [-0.15, -0.1) is 11.3 Å². The highest BCUT2D eigenvalue weighted by molar-refractivity contribution is 7.13. The lowest BCUT2D eigenvalue weighted by Gasteiger charge is -2.05. The highest BCUT2D eigenvalue weighted by Gasteiger charge is 2.10. The number of methoxy groups -OCH3 is 1. The third kappa shape index (κ3) is 4.90. The van der Waals surface area contributed by atoms with Gasteiger partial charge in [-0.3, -0.25) is 4.79 Å². The summed E-state index contributed by atoms with van der Waals surface area (Å²) in [5.74, 6) is 1.76. The average Bonchev–Trinajstić information content (AvgIpc) is 3.47. The van der Waals surface area contributed by atoms with E-state index < -0.39 is 0 Å². The molecule has 0 atom stereocenters. The van der Waals surface area contributed by atoms with Crippen LogP contribution in [0.4, 0.5) is 5.69 Å². The smallest absolute Gasteiger partial charge is 0.226 e. The summed E-state index contributed by atoms with van der Waals surface area (Å²) in [7, 11) is 1.62. The van der Waals surface area contributed by atoms with Crippen molar-refractivity contribution in [2.45, 2.75) is 19.3 Å². The van der Waals surface area contributed by atoms with Crippen LogP contribution in [0.3, 0.4) is 0 Å². The molecular weight excluding hydrogens is 400 g/mol. The molecule has 0 unspecified atom stereocenters. The van der Waals surface area contributed by atoms with Crippen LogP contribution >= 0.6 is 11.3 Å². The van der Waals surface area contributed by atoms with Crippen LogP contribution in [-0.4, -0.2) is 28.1 Å². The van der Waals surface area contributed by atoms with Crippen LogP contribution in [0.2, 0.25) is 0 Å². The van der Waals surface area contributed by atoms with E-state index in [2.05, 4.69) is 20.4 Å². The summed E-state index contributed by atoms with van der Waals surface area (Å²) >= 11 is 1.58. The van der Waals surface area contributed by atoms with Gasteiger partial charge in [-0.2, -0.15) is 4.98 Å². The number of thiazole rings is 1. The van der Waals surface area contributed by atoms with E-state index >= 15 is 0 Å². The summed E-state index contributed by atoms with van der Waals surface area (Å²) in [5.41, 5.74) is 2.65. The first kappa shape index (κ1) is 19.8. The number of hydrogen-bond acceptors (Lipinski definition) is 7. The average molecular weight is 420 g/mol. The maximum absolute atomic E-state index is 12.2. The summed E-state index contributed by atoms with van der Waals surface area (Å²) in [6.07, 6.45) is 3.31. The monoisotopic (exact) mass is 420 g/mol. The van der Waals surface area contributed by atoms with Crippen molar-refractivity contribution in [3.05, 3.63) is 66.0 Å². The van der Waals surface area contributed by atoms with Gasteiger partial charge < -0.3 is 14.6 Å². The highest BCUT2D eigenvalue weighted by atomic mass is 32.1. The fourth-order valence-corrected chi connectivity index (χ4v) is 3.54. The van der Waals surface area contributed by atoms with Crippen molar-refractivity contribution in [2.24, 2.45) is 0 Å². The summed E-state index contributed by atoms with van der Waals surface area (Å²) in [4.78, 5) is 20.9. The van der Waals surface area contributed by atoms with Gasteiger partial charge in [0.15, 0.2) is 0 Å². The standard InChI is InChI=1S/C22H20N4O3S/c1-28-18-11-7-15(8-12-18)21-25-20(29-26-21)4-2-3-19(27)24-17-9-5-16(6-10-17)22-23-13-14-30-22/h5-14H,2-4H2,1H3,(H,24,27). The summed E-state index contributed by atoms with van der Waals surface area (Å²) < 4.78 is 10.4. The molecule has 4 rings (SSSR count). The summed E-state index contributed by atoms with van der Waals surface area (Å²) in [6, 6.07) is 15.1. The van der Waals surface area contributed by atoms with E-state index in [1.54, 1.807) is 24.6 Å². The molecule has 0 aliphatic rings. The molecule has 4 aromatic rings. The predicted molar refractivity (Wildman–Crippen MR) is 115 cm³/mol. The molecule has 30 heavy (non-hydrogen) atoms. The number of aromatic nitrogens is 3. The van der Waals surface area contributed by atoms with E-state index in [0.29, 0.717) is 31.0 Å². The van der Waals surface area contributed by atoms with E-state index in [4.69, 9.17) is 9.26 Å². The molecule has 152 valence electrons. The second kappa shape index (κ2) is 9.32. The summed E-state index contributed by atoms with van der Waals surface area (Å²) in [5, 5.41) is 9.81. The highest BCUT2D eigenvalue weighted by Crippen LogP contribution is 2.23. The van der Waals surface area contributed by atoms with Gasteiger partial charge in [0.25, 0.3) is 0 Å². The first-order chi connectivity index (χ1) is 14.7. The lowest BCUT2D eigenvalue weighted by atomic mass is 10.2. The van der Waals surface area contributed by atoms with Crippen LogP contribution in [-0.2, 0) is 11.2 Å². The summed E-state index contributed by atoms with van der Waals surface area (Å²) in [6.45, 7) is 0. The van der Waals surface area contributed by atoms with Gasteiger partial charge >= 0.3 is 0 Å². The third-order valence-electron chi connectivity index (χ3n) is 4.46. The number of ether oxygens (including phenoxy) is 1. The number of amides is 1. The van der Waals surface area contributed by atoms with Crippen molar-refractivity contribution in [2.75, 3.05) is 12.4 Å². The number of hydrogen-bond donors (Lipinski definition) is 1. The maximum atomic E-state index is 12.2. The van der Waals surface area contributed by atoms with Crippen LogP contribution in [0, 0.1) is 0 Å². The normalized spacial score (nSPS) is 10.7. The van der Waals surface area contributed by atoms with E-state index in [1.807, 2.05) is 53.9 Å². The van der Waals surface area contributed by atoms with E-state index in [9.17, 15) is 4.79 Å². The largest absolute Gasteiger partial charge is 0.497 e. The van der Waals surface area contributed by atoms with Gasteiger partial charge in [0, 0.05) is 41.2 Å². The van der Waals surface area contributed by atoms with Crippen LogP contribution in [0.15, 0.2) is 64.6 Å². The Morgan fingerprint density at radius 1 is 1.10 bits per heavy atom. The minimum absolute atomic E-state index is 0.0492. The van der Waals surface area contributed by atoms with Gasteiger partial charge in [-0.25, -0.2) is 4.98 Å². The van der Waals surface area contributed by atoms with Crippen molar-refractivity contribution in [1.82, 2.24) is 15.1 Å². The van der Waals surface area contributed by atoms with Crippen molar-refractivity contribution in [3.63, 3.8) is 0 Å². The lowest BCUT2D eigenvalue weighted by Crippen LogP contribution is -2.11. The third-order valence-corrected chi connectivity index (χ3v) is 5.28. The van der Waals surface area contributed by atoms with E-state index in [-0.39, 0.29) is 5.91 Å². The SMILES string of the molecule is COc1ccc(-c2noc(CCCC(=O)Nc3ccc(-c4nccs4)cc3)n2)cc1. The van der Waals surface area contributed by atoms with Crippen molar-refractivity contribution in [1.29, 1.82) is 0 Å². The van der Waals surface area contributed by atoms with Crippen molar-refractivity contribution < 1.29 is 14.1 Å². The number of aryl methyl sites for hydroxylation is 1. The fourth-order valence-electron chi connectivity index (χ4n) is 2.90. The first-order valence-electron chi connectivity index (χ1n) is 9.48. The first-order valence-corrected chi connectivity index (χ1v) is 10.4. The zero-order valence-corrected chi connectivity index (χ0v) is 17.2. The second-order valence-electron chi connectivity index (χ2n) is 6.56. The molecule has 0 aliphatic carbocycles. The van der Waals surface area contributed by atoms with Crippen LogP contribution in [0.1, 0.15) is 18.7 Å². The number of anilines is 1. The van der Waals surface area contributed by atoms with Gasteiger partial charge in [0.05, 0.1) is 7.11 Å². The van der Waals surface area contributed by atoms with Crippen LogP contribution in [0.25, 0.3) is 22.0 Å². The molecule has 0 radical (unpaired) electrons. The molecule has 2 aromatic carbocycles. The molecule has 8 heteroatoms. The molecule has 7 nitrogen and oxygen atoms in total. The number of benzene rings is 2. The maximum Gasteiger partial charge on any atom is 0.226 e. The molecule has 1 amide bonds.